The molecule has 1 aromatic rings. The Hall–Kier alpha value is -2.92. The molecule has 0 saturated carbocycles. The van der Waals surface area contributed by atoms with Crippen molar-refractivity contribution in [2.75, 3.05) is 18.0 Å². The van der Waals surface area contributed by atoms with Crippen molar-refractivity contribution in [1.82, 2.24) is 5.32 Å². The molecule has 2 aliphatic heterocycles. The summed E-state index contributed by atoms with van der Waals surface area (Å²) in [5.74, 6) is 2.76. The second-order valence-electron chi connectivity index (χ2n) is 11.0. The molecule has 0 aromatic heterocycles. The van der Waals surface area contributed by atoms with E-state index in [9.17, 15) is 0 Å². The van der Waals surface area contributed by atoms with E-state index in [1.807, 2.05) is 12.2 Å². The lowest BCUT2D eigenvalue weighted by molar-refractivity contribution is 0.238. The van der Waals surface area contributed by atoms with Crippen LogP contribution in [0.5, 0.6) is 0 Å². The molecule has 1 aromatic carbocycles. The monoisotopic (exact) mass is 452 g/mol. The predicted molar refractivity (Wildman–Crippen MR) is 148 cm³/mol. The molecule has 178 valence electrons. The number of hydrogen-bond acceptors (Lipinski definition) is 2. The number of rotatable bonds is 3. The fraction of sp³-hybridized carbons (Fsp3) is 0.438. The molecular weight excluding hydrogens is 412 g/mol. The third-order valence-corrected chi connectivity index (χ3v) is 8.46. The first-order valence-electron chi connectivity index (χ1n) is 12.8. The van der Waals surface area contributed by atoms with Crippen molar-refractivity contribution in [3.8, 4) is 12.3 Å². The van der Waals surface area contributed by atoms with E-state index < -0.39 is 0 Å². The van der Waals surface area contributed by atoms with Gasteiger partial charge in [0.1, 0.15) is 0 Å². The van der Waals surface area contributed by atoms with Gasteiger partial charge in [0, 0.05) is 41.2 Å². The Morgan fingerprint density at radius 1 is 1.12 bits per heavy atom. The van der Waals surface area contributed by atoms with Crippen molar-refractivity contribution in [3.05, 3.63) is 82.7 Å². The normalized spacial score (nSPS) is 23.9. The Bertz CT molecular complexity index is 1150. The molecule has 1 fully saturated rings. The summed E-state index contributed by atoms with van der Waals surface area (Å²) in [6.07, 6.45) is 17.4. The molecule has 1 saturated heterocycles. The number of allylic oxidation sites excluding steroid dienone is 7. The van der Waals surface area contributed by atoms with E-state index >= 15 is 0 Å². The van der Waals surface area contributed by atoms with E-state index in [-0.39, 0.29) is 5.41 Å². The molecule has 2 heterocycles. The van der Waals surface area contributed by atoms with Crippen LogP contribution in [0.15, 0.2) is 66.1 Å². The molecular formula is C32H40N2. The summed E-state index contributed by atoms with van der Waals surface area (Å²) < 4.78 is 0. The molecule has 0 radical (unpaired) electrons. The van der Waals surface area contributed by atoms with Crippen molar-refractivity contribution in [1.29, 1.82) is 0 Å². The van der Waals surface area contributed by atoms with E-state index in [2.05, 4.69) is 82.1 Å². The molecule has 0 bridgehead atoms. The molecule has 4 rings (SSSR count). The second-order valence-corrected chi connectivity index (χ2v) is 11.0. The van der Waals surface area contributed by atoms with Crippen molar-refractivity contribution in [3.63, 3.8) is 0 Å². The Morgan fingerprint density at radius 3 is 2.44 bits per heavy atom. The van der Waals surface area contributed by atoms with Crippen LogP contribution in [-0.4, -0.2) is 13.1 Å². The fourth-order valence-corrected chi connectivity index (χ4v) is 5.73. The van der Waals surface area contributed by atoms with E-state index in [1.54, 1.807) is 0 Å². The summed E-state index contributed by atoms with van der Waals surface area (Å²) in [6, 6.07) is 4.88. The average molecular weight is 453 g/mol. The lowest BCUT2D eigenvalue weighted by atomic mass is 9.68. The zero-order valence-corrected chi connectivity index (χ0v) is 21.8. The number of hydrogen-bond donors (Lipinski definition) is 1. The highest BCUT2D eigenvalue weighted by Crippen LogP contribution is 2.48. The lowest BCUT2D eigenvalue weighted by Crippen LogP contribution is -2.39. The van der Waals surface area contributed by atoms with E-state index in [0.717, 1.165) is 42.8 Å². The van der Waals surface area contributed by atoms with Gasteiger partial charge >= 0.3 is 0 Å². The van der Waals surface area contributed by atoms with Gasteiger partial charge in [-0.05, 0) is 77.1 Å². The number of nitrogens with zero attached hydrogens (tertiary/aromatic N) is 1. The molecule has 1 N–H and O–H groups in total. The molecule has 3 aliphatic rings. The first-order chi connectivity index (χ1) is 16.1. The molecule has 2 heteroatoms. The number of aryl methyl sites for hydroxylation is 1. The van der Waals surface area contributed by atoms with Crippen LogP contribution < -0.4 is 10.2 Å². The van der Waals surface area contributed by atoms with Gasteiger partial charge in [-0.25, -0.2) is 0 Å². The Labute approximate surface area is 207 Å². The largest absolute Gasteiger partial charge is 0.371 e. The number of piperidine rings is 1. The van der Waals surface area contributed by atoms with E-state index in [0.29, 0.717) is 5.41 Å². The summed E-state index contributed by atoms with van der Waals surface area (Å²) in [7, 11) is 0. The van der Waals surface area contributed by atoms with Crippen molar-refractivity contribution in [2.24, 2.45) is 5.41 Å². The zero-order valence-electron chi connectivity index (χ0n) is 21.8. The Morgan fingerprint density at radius 2 is 1.82 bits per heavy atom. The summed E-state index contributed by atoms with van der Waals surface area (Å²) in [5, 5.41) is 3.63. The highest BCUT2D eigenvalue weighted by Gasteiger charge is 2.38. The predicted octanol–water partition coefficient (Wildman–Crippen LogP) is 7.45. The number of benzene rings is 1. The van der Waals surface area contributed by atoms with Crippen LogP contribution >= 0.6 is 0 Å². The van der Waals surface area contributed by atoms with Crippen LogP contribution in [0.2, 0.25) is 0 Å². The minimum absolute atomic E-state index is 0.203. The fourth-order valence-electron chi connectivity index (χ4n) is 5.73. The van der Waals surface area contributed by atoms with Gasteiger partial charge in [0.25, 0.3) is 0 Å². The van der Waals surface area contributed by atoms with Gasteiger partial charge in [0.05, 0.1) is 0 Å². The molecule has 2 nitrogen and oxygen atoms in total. The lowest BCUT2D eigenvalue weighted by Gasteiger charge is -2.43. The van der Waals surface area contributed by atoms with E-state index in [4.69, 9.17) is 6.42 Å². The Balaban J connectivity index is 1.79. The molecule has 1 aliphatic carbocycles. The van der Waals surface area contributed by atoms with Gasteiger partial charge < -0.3 is 10.2 Å². The number of nitrogens with one attached hydrogen (secondary N) is 1. The highest BCUT2D eigenvalue weighted by atomic mass is 15.1. The molecule has 0 unspecified atom stereocenters. The average Bonchev–Trinajstić information content (AvgIpc) is 2.91. The highest BCUT2D eigenvalue weighted by molar-refractivity contribution is 5.86. The van der Waals surface area contributed by atoms with Gasteiger partial charge in [0.15, 0.2) is 0 Å². The second kappa shape index (κ2) is 9.03. The number of anilines is 1. The molecule has 0 atom stereocenters. The van der Waals surface area contributed by atoms with Crippen molar-refractivity contribution >= 4 is 11.3 Å². The summed E-state index contributed by atoms with van der Waals surface area (Å²) in [4.78, 5) is 2.62. The van der Waals surface area contributed by atoms with Crippen LogP contribution in [0.4, 0.5) is 5.69 Å². The van der Waals surface area contributed by atoms with Crippen LogP contribution in [0, 0.1) is 17.8 Å². The first kappa shape index (κ1) is 24.2. The van der Waals surface area contributed by atoms with Crippen LogP contribution in [0.25, 0.3) is 5.57 Å². The first-order valence-corrected chi connectivity index (χ1v) is 12.8. The minimum Gasteiger partial charge on any atom is -0.371 e. The van der Waals surface area contributed by atoms with Gasteiger partial charge in [-0.2, -0.15) is 0 Å². The quantitative estimate of drug-likeness (QED) is 0.479. The third kappa shape index (κ3) is 4.18. The zero-order chi connectivity index (χ0) is 24.7. The summed E-state index contributed by atoms with van der Waals surface area (Å²) >= 11 is 0. The minimum atomic E-state index is -0.203. The molecule has 0 amide bonds. The van der Waals surface area contributed by atoms with Gasteiger partial charge in [-0.3, -0.25) is 0 Å². The van der Waals surface area contributed by atoms with Crippen molar-refractivity contribution < 1.29 is 0 Å². The molecule has 34 heavy (non-hydrogen) atoms. The standard InChI is InChI=1S/C32H40N2/c1-9-24-13-12-14-26-23(5)27-20-25(10-2)29(34-17-15-32(8,11-3)16-18-34)21-28(27)31(6,7)30(26)33-22(4)19-24/h1,12-13,19-21,33H,4-5,10-11,14-18H2,2-3,6-8H3/b13-12-,24-19+. The maximum atomic E-state index is 5.70. The van der Waals surface area contributed by atoms with Crippen LogP contribution in [0.1, 0.15) is 77.0 Å². The Kier molecular flexibility index (Phi) is 6.43. The SMILES string of the molecule is C#CC1=C\C(=C)NC2=C(C/C=C\1)C(=C)c1cc(CC)c(N3CCC(C)(CC)CC3)cc1C2(C)C. The number of terminal acetylenes is 1. The summed E-state index contributed by atoms with van der Waals surface area (Å²) in [6.45, 7) is 22.8. The maximum absolute atomic E-state index is 5.70. The van der Waals surface area contributed by atoms with Crippen LogP contribution in [0.3, 0.4) is 0 Å². The summed E-state index contributed by atoms with van der Waals surface area (Å²) in [5.41, 5.74) is 10.9. The van der Waals surface area contributed by atoms with Crippen molar-refractivity contribution in [2.45, 2.75) is 72.1 Å². The van der Waals surface area contributed by atoms with Gasteiger partial charge in [0.2, 0.25) is 0 Å². The third-order valence-electron chi connectivity index (χ3n) is 8.46. The topological polar surface area (TPSA) is 15.3 Å². The van der Waals surface area contributed by atoms with Crippen LogP contribution in [-0.2, 0) is 11.8 Å². The van der Waals surface area contributed by atoms with Gasteiger partial charge in [-0.1, -0.05) is 72.3 Å². The number of fused-ring (bicyclic) bond motifs is 1. The maximum Gasteiger partial charge on any atom is 0.0402 e. The smallest absolute Gasteiger partial charge is 0.0402 e. The van der Waals surface area contributed by atoms with Gasteiger partial charge in [-0.15, -0.1) is 6.42 Å². The molecule has 0 spiro atoms. The van der Waals surface area contributed by atoms with E-state index in [1.165, 1.54) is 52.9 Å².